The fourth-order valence-corrected chi connectivity index (χ4v) is 2.56. The molecule has 1 atom stereocenters. The summed E-state index contributed by atoms with van der Waals surface area (Å²) >= 11 is 0. The van der Waals surface area contributed by atoms with Gasteiger partial charge in [-0.15, -0.1) is 5.10 Å². The van der Waals surface area contributed by atoms with E-state index in [2.05, 4.69) is 10.1 Å². The summed E-state index contributed by atoms with van der Waals surface area (Å²) in [5.41, 5.74) is 6.23. The molecule has 0 saturated carbocycles. The highest BCUT2D eigenvalue weighted by atomic mass is 19.1. The highest BCUT2D eigenvalue weighted by Gasteiger charge is 2.26. The minimum atomic E-state index is -0.286. The van der Waals surface area contributed by atoms with E-state index in [9.17, 15) is 4.39 Å². The van der Waals surface area contributed by atoms with Crippen LogP contribution in [-0.4, -0.2) is 21.9 Å². The van der Waals surface area contributed by atoms with Gasteiger partial charge in [0.05, 0.1) is 13.2 Å². The number of rotatable bonds is 2. The summed E-state index contributed by atoms with van der Waals surface area (Å²) in [6.45, 7) is 0. The second kappa shape index (κ2) is 4.53. The topological polar surface area (TPSA) is 66.0 Å². The van der Waals surface area contributed by atoms with Gasteiger partial charge in [0.1, 0.15) is 17.4 Å². The number of anilines is 1. The number of nitrogens with two attached hydrogens (primary N) is 1. The summed E-state index contributed by atoms with van der Waals surface area (Å²) in [4.78, 5) is 4.17. The maximum Gasteiger partial charge on any atom is 0.239 e. The van der Waals surface area contributed by atoms with Gasteiger partial charge >= 0.3 is 0 Å². The Labute approximate surface area is 110 Å². The molecule has 100 valence electrons. The molecular weight excluding hydrogens is 247 g/mol. The number of aromatic nitrogens is 3. The van der Waals surface area contributed by atoms with E-state index in [1.54, 1.807) is 16.8 Å². The van der Waals surface area contributed by atoms with E-state index in [1.807, 2.05) is 0 Å². The maximum absolute atomic E-state index is 14.1. The third kappa shape index (κ3) is 2.03. The van der Waals surface area contributed by atoms with Gasteiger partial charge in [0, 0.05) is 18.1 Å². The minimum Gasteiger partial charge on any atom is -0.497 e. The van der Waals surface area contributed by atoms with Crippen LogP contribution in [-0.2, 0) is 6.42 Å². The molecule has 0 radical (unpaired) electrons. The molecule has 0 fully saturated rings. The van der Waals surface area contributed by atoms with Crippen LogP contribution in [0, 0.1) is 5.82 Å². The number of halogens is 1. The molecule has 0 saturated heterocycles. The zero-order valence-electron chi connectivity index (χ0n) is 10.6. The van der Waals surface area contributed by atoms with Crippen molar-refractivity contribution >= 4 is 5.95 Å². The SMILES string of the molecule is COc1ccc(C2CCCc3nc(N)nn32)c(F)c1. The molecule has 2 N–H and O–H groups in total. The first kappa shape index (κ1) is 12.0. The minimum absolute atomic E-state index is 0.139. The Kier molecular flexibility index (Phi) is 2.85. The van der Waals surface area contributed by atoms with Gasteiger partial charge in [-0.3, -0.25) is 0 Å². The van der Waals surface area contributed by atoms with Crippen LogP contribution in [0.4, 0.5) is 10.3 Å². The third-order valence-electron chi connectivity index (χ3n) is 3.46. The average Bonchev–Trinajstić information content (AvgIpc) is 2.78. The number of nitrogens with zero attached hydrogens (tertiary/aromatic N) is 3. The first-order chi connectivity index (χ1) is 9.19. The van der Waals surface area contributed by atoms with E-state index in [-0.39, 0.29) is 17.8 Å². The molecule has 6 heteroatoms. The van der Waals surface area contributed by atoms with Crippen molar-refractivity contribution in [3.05, 3.63) is 35.4 Å². The molecule has 1 aliphatic rings. The summed E-state index contributed by atoms with van der Waals surface area (Å²) < 4.78 is 20.9. The Morgan fingerprint density at radius 1 is 1.47 bits per heavy atom. The second-order valence-electron chi connectivity index (χ2n) is 4.63. The van der Waals surface area contributed by atoms with Gasteiger partial charge in [0.2, 0.25) is 5.95 Å². The Balaban J connectivity index is 2.03. The van der Waals surface area contributed by atoms with Crippen molar-refractivity contribution in [3.8, 4) is 5.75 Å². The van der Waals surface area contributed by atoms with E-state index in [1.165, 1.54) is 13.2 Å². The van der Waals surface area contributed by atoms with Gasteiger partial charge in [-0.2, -0.15) is 4.98 Å². The number of hydrogen-bond acceptors (Lipinski definition) is 4. The highest BCUT2D eigenvalue weighted by Crippen LogP contribution is 2.32. The van der Waals surface area contributed by atoms with Gasteiger partial charge < -0.3 is 10.5 Å². The van der Waals surface area contributed by atoms with Crippen molar-refractivity contribution in [3.63, 3.8) is 0 Å². The highest BCUT2D eigenvalue weighted by molar-refractivity contribution is 5.32. The first-order valence-corrected chi connectivity index (χ1v) is 6.23. The Hall–Kier alpha value is -2.11. The molecule has 0 spiro atoms. The van der Waals surface area contributed by atoms with Gasteiger partial charge in [0.15, 0.2) is 0 Å². The number of benzene rings is 1. The Morgan fingerprint density at radius 3 is 3.05 bits per heavy atom. The van der Waals surface area contributed by atoms with Crippen LogP contribution in [0.5, 0.6) is 5.75 Å². The molecule has 2 heterocycles. The van der Waals surface area contributed by atoms with Crippen LogP contribution in [0.15, 0.2) is 18.2 Å². The van der Waals surface area contributed by atoms with Gasteiger partial charge in [-0.05, 0) is 18.9 Å². The molecule has 0 aliphatic carbocycles. The van der Waals surface area contributed by atoms with Crippen LogP contribution >= 0.6 is 0 Å². The van der Waals surface area contributed by atoms with Crippen LogP contribution in [0.25, 0.3) is 0 Å². The lowest BCUT2D eigenvalue weighted by molar-refractivity contribution is 0.391. The standard InChI is InChI=1S/C13H15FN4O/c1-19-8-5-6-9(10(14)7-8)11-3-2-4-12-16-13(15)17-18(11)12/h5-7,11H,2-4H2,1H3,(H2,15,17). The largest absolute Gasteiger partial charge is 0.497 e. The van der Waals surface area contributed by atoms with E-state index < -0.39 is 0 Å². The summed E-state index contributed by atoms with van der Waals surface area (Å²) in [6, 6.07) is 4.75. The molecule has 1 aromatic heterocycles. The third-order valence-corrected chi connectivity index (χ3v) is 3.46. The molecule has 1 unspecified atom stereocenters. The van der Waals surface area contributed by atoms with Crippen molar-refractivity contribution in [1.82, 2.24) is 14.8 Å². The van der Waals surface area contributed by atoms with Gasteiger partial charge in [-0.25, -0.2) is 9.07 Å². The average molecular weight is 262 g/mol. The van der Waals surface area contributed by atoms with Crippen molar-refractivity contribution in [1.29, 1.82) is 0 Å². The number of nitrogen functional groups attached to an aromatic ring is 1. The first-order valence-electron chi connectivity index (χ1n) is 6.23. The fourth-order valence-electron chi connectivity index (χ4n) is 2.56. The molecule has 0 amide bonds. The van der Waals surface area contributed by atoms with Crippen LogP contribution in [0.2, 0.25) is 0 Å². The molecule has 3 rings (SSSR count). The Bertz CT molecular complexity index is 611. The molecule has 1 aromatic carbocycles. The molecule has 19 heavy (non-hydrogen) atoms. The van der Waals surface area contributed by atoms with Gasteiger partial charge in [-0.1, -0.05) is 6.07 Å². The predicted octanol–water partition coefficient (Wildman–Crippen LogP) is 1.93. The molecule has 2 aromatic rings. The predicted molar refractivity (Wildman–Crippen MR) is 68.5 cm³/mol. The van der Waals surface area contributed by atoms with Gasteiger partial charge in [0.25, 0.3) is 0 Å². The molecule has 0 bridgehead atoms. The van der Waals surface area contributed by atoms with Crippen molar-refractivity contribution < 1.29 is 9.13 Å². The Morgan fingerprint density at radius 2 is 2.32 bits per heavy atom. The van der Waals surface area contributed by atoms with Crippen molar-refractivity contribution in [2.45, 2.75) is 25.3 Å². The van der Waals surface area contributed by atoms with Crippen molar-refractivity contribution in [2.24, 2.45) is 0 Å². The number of ether oxygens (including phenoxy) is 1. The quantitative estimate of drug-likeness (QED) is 0.898. The van der Waals surface area contributed by atoms with Crippen LogP contribution in [0.3, 0.4) is 0 Å². The number of hydrogen-bond donors (Lipinski definition) is 1. The fraction of sp³-hybridized carbons (Fsp3) is 0.385. The zero-order chi connectivity index (χ0) is 13.4. The monoisotopic (exact) mass is 262 g/mol. The van der Waals surface area contributed by atoms with Crippen molar-refractivity contribution in [2.75, 3.05) is 12.8 Å². The number of methoxy groups -OCH3 is 1. The number of aryl methyl sites for hydroxylation is 1. The zero-order valence-corrected chi connectivity index (χ0v) is 10.6. The van der Waals surface area contributed by atoms with Crippen LogP contribution < -0.4 is 10.5 Å². The normalized spacial score (nSPS) is 18.1. The molecule has 5 nitrogen and oxygen atoms in total. The van der Waals surface area contributed by atoms with E-state index in [4.69, 9.17) is 10.5 Å². The van der Waals surface area contributed by atoms with Crippen LogP contribution in [0.1, 0.15) is 30.3 Å². The smallest absolute Gasteiger partial charge is 0.239 e. The summed E-state index contributed by atoms with van der Waals surface area (Å²) in [7, 11) is 1.52. The lowest BCUT2D eigenvalue weighted by Gasteiger charge is -2.24. The molecular formula is C13H15FN4O. The maximum atomic E-state index is 14.1. The summed E-state index contributed by atoms with van der Waals surface area (Å²) in [5, 5.41) is 4.18. The van der Waals surface area contributed by atoms with E-state index >= 15 is 0 Å². The second-order valence-corrected chi connectivity index (χ2v) is 4.63. The number of fused-ring (bicyclic) bond motifs is 1. The molecule has 1 aliphatic heterocycles. The lowest BCUT2D eigenvalue weighted by Crippen LogP contribution is -2.21. The van der Waals surface area contributed by atoms with E-state index in [0.29, 0.717) is 11.3 Å². The van der Waals surface area contributed by atoms with E-state index in [0.717, 1.165) is 25.1 Å². The summed E-state index contributed by atoms with van der Waals surface area (Å²) in [6.07, 6.45) is 2.62. The summed E-state index contributed by atoms with van der Waals surface area (Å²) in [5.74, 6) is 1.29. The lowest BCUT2D eigenvalue weighted by atomic mass is 9.97.